The third-order valence-corrected chi connectivity index (χ3v) is 4.80. The van der Waals surface area contributed by atoms with E-state index in [-0.39, 0.29) is 5.91 Å². The number of aryl methyl sites for hydroxylation is 1. The number of rotatable bonds is 5. The molecule has 0 unspecified atom stereocenters. The van der Waals surface area contributed by atoms with E-state index < -0.39 is 0 Å². The zero-order valence-corrected chi connectivity index (χ0v) is 16.8. The molecule has 0 aliphatic rings. The van der Waals surface area contributed by atoms with Gasteiger partial charge in [0.2, 0.25) is 0 Å². The van der Waals surface area contributed by atoms with Crippen LogP contribution in [0.15, 0.2) is 77.4 Å². The minimum Gasteiger partial charge on any atom is -0.489 e. The molecule has 1 N–H and O–H groups in total. The average Bonchev–Trinajstić information content (AvgIpc) is 3.03. The van der Waals surface area contributed by atoms with Crippen molar-refractivity contribution in [3.05, 3.63) is 94.4 Å². The molecule has 0 aliphatic carbocycles. The lowest BCUT2D eigenvalue weighted by Gasteiger charge is -2.09. The van der Waals surface area contributed by atoms with Crippen LogP contribution in [0, 0.1) is 6.92 Å². The number of aromatic nitrogens is 2. The summed E-state index contributed by atoms with van der Waals surface area (Å²) in [6.07, 6.45) is 1.84. The highest BCUT2D eigenvalue weighted by Crippen LogP contribution is 2.20. The lowest BCUT2D eigenvalue weighted by atomic mass is 10.2. The van der Waals surface area contributed by atoms with E-state index in [4.69, 9.17) is 4.74 Å². The molecular formula is C22H18BrN3O2. The van der Waals surface area contributed by atoms with Gasteiger partial charge in [0.15, 0.2) is 0 Å². The molecule has 0 spiro atoms. The smallest absolute Gasteiger partial charge is 0.274 e. The number of carbonyl (C=O) groups is 1. The standard InChI is InChI=1S/C22H18BrN3O2/c1-15-21(26-13-17(23)7-12-20(26)24-15)22(27)25-18-8-10-19(11-9-18)28-14-16-5-3-2-4-6-16/h2-13H,14H2,1H3,(H,25,27). The highest BCUT2D eigenvalue weighted by atomic mass is 79.9. The topological polar surface area (TPSA) is 55.6 Å². The van der Waals surface area contributed by atoms with Crippen LogP contribution in [0.25, 0.3) is 5.65 Å². The number of pyridine rings is 1. The Balaban J connectivity index is 1.46. The summed E-state index contributed by atoms with van der Waals surface area (Å²) >= 11 is 3.44. The lowest BCUT2D eigenvalue weighted by Crippen LogP contribution is -2.15. The highest BCUT2D eigenvalue weighted by Gasteiger charge is 2.17. The molecule has 4 rings (SSSR count). The Bertz CT molecular complexity index is 1120. The van der Waals surface area contributed by atoms with E-state index in [0.717, 1.165) is 21.4 Å². The van der Waals surface area contributed by atoms with E-state index >= 15 is 0 Å². The van der Waals surface area contributed by atoms with E-state index in [9.17, 15) is 4.79 Å². The molecule has 2 heterocycles. The predicted molar refractivity (Wildman–Crippen MR) is 113 cm³/mol. The van der Waals surface area contributed by atoms with Crippen molar-refractivity contribution in [3.8, 4) is 5.75 Å². The van der Waals surface area contributed by atoms with Crippen LogP contribution in [0.4, 0.5) is 5.69 Å². The zero-order chi connectivity index (χ0) is 19.5. The number of nitrogens with zero attached hydrogens (tertiary/aromatic N) is 2. The first-order valence-electron chi connectivity index (χ1n) is 8.82. The molecule has 6 heteroatoms. The number of carbonyl (C=O) groups excluding carboxylic acids is 1. The van der Waals surface area contributed by atoms with Crippen LogP contribution in [0.1, 0.15) is 21.7 Å². The maximum absolute atomic E-state index is 12.8. The summed E-state index contributed by atoms with van der Waals surface area (Å²) in [5.74, 6) is 0.540. The van der Waals surface area contributed by atoms with Crippen molar-refractivity contribution in [3.63, 3.8) is 0 Å². The number of halogens is 1. The number of hydrogen-bond donors (Lipinski definition) is 1. The van der Waals surface area contributed by atoms with E-state index in [1.54, 1.807) is 4.40 Å². The molecule has 2 aromatic heterocycles. The fraction of sp³-hybridized carbons (Fsp3) is 0.0909. The van der Waals surface area contributed by atoms with Gasteiger partial charge in [0.05, 0.1) is 5.69 Å². The molecule has 0 bridgehead atoms. The van der Waals surface area contributed by atoms with Gasteiger partial charge in [0.1, 0.15) is 23.7 Å². The summed E-state index contributed by atoms with van der Waals surface area (Å²) in [5.41, 5.74) is 3.73. The van der Waals surface area contributed by atoms with Gasteiger partial charge in [-0.1, -0.05) is 30.3 Å². The van der Waals surface area contributed by atoms with Gasteiger partial charge in [-0.25, -0.2) is 4.98 Å². The molecule has 0 saturated heterocycles. The average molecular weight is 436 g/mol. The van der Waals surface area contributed by atoms with Crippen LogP contribution in [0.3, 0.4) is 0 Å². The van der Waals surface area contributed by atoms with E-state index in [1.807, 2.05) is 79.9 Å². The minimum atomic E-state index is -0.207. The van der Waals surface area contributed by atoms with Gasteiger partial charge in [0.25, 0.3) is 5.91 Å². The highest BCUT2D eigenvalue weighted by molar-refractivity contribution is 9.10. The van der Waals surface area contributed by atoms with Gasteiger partial charge in [0, 0.05) is 16.4 Å². The second-order valence-corrected chi connectivity index (χ2v) is 7.29. The maximum Gasteiger partial charge on any atom is 0.274 e. The fourth-order valence-electron chi connectivity index (χ4n) is 2.98. The molecule has 4 aromatic rings. The van der Waals surface area contributed by atoms with Crippen LogP contribution < -0.4 is 10.1 Å². The van der Waals surface area contributed by atoms with Crippen LogP contribution in [0.2, 0.25) is 0 Å². The third kappa shape index (κ3) is 3.92. The number of ether oxygens (including phenoxy) is 1. The van der Waals surface area contributed by atoms with Crippen molar-refractivity contribution in [2.24, 2.45) is 0 Å². The summed E-state index contributed by atoms with van der Waals surface area (Å²) in [4.78, 5) is 17.2. The monoisotopic (exact) mass is 435 g/mol. The second kappa shape index (κ2) is 7.86. The van der Waals surface area contributed by atoms with Crippen LogP contribution in [0.5, 0.6) is 5.75 Å². The van der Waals surface area contributed by atoms with Gasteiger partial charge in [-0.3, -0.25) is 9.20 Å². The van der Waals surface area contributed by atoms with Crippen molar-refractivity contribution in [2.45, 2.75) is 13.5 Å². The predicted octanol–water partition coefficient (Wildman–Crippen LogP) is 5.24. The van der Waals surface area contributed by atoms with Gasteiger partial charge >= 0.3 is 0 Å². The Labute approximate surface area is 171 Å². The number of fused-ring (bicyclic) bond motifs is 1. The Hall–Kier alpha value is -3.12. The molecule has 0 aliphatic heterocycles. The third-order valence-electron chi connectivity index (χ3n) is 4.33. The summed E-state index contributed by atoms with van der Waals surface area (Å²) in [7, 11) is 0. The number of hydrogen-bond acceptors (Lipinski definition) is 3. The SMILES string of the molecule is Cc1nc2ccc(Br)cn2c1C(=O)Nc1ccc(OCc2ccccc2)cc1. The molecule has 0 radical (unpaired) electrons. The van der Waals surface area contributed by atoms with Gasteiger partial charge in [-0.2, -0.15) is 0 Å². The van der Waals surface area contributed by atoms with Gasteiger partial charge in [-0.05, 0) is 64.8 Å². The van der Waals surface area contributed by atoms with Gasteiger partial charge in [-0.15, -0.1) is 0 Å². The normalized spacial score (nSPS) is 10.8. The molecule has 1 amide bonds. The van der Waals surface area contributed by atoms with Crippen molar-refractivity contribution in [1.29, 1.82) is 0 Å². The Morgan fingerprint density at radius 3 is 2.57 bits per heavy atom. The second-order valence-electron chi connectivity index (χ2n) is 6.37. The quantitative estimate of drug-likeness (QED) is 0.466. The summed E-state index contributed by atoms with van der Waals surface area (Å²) in [6.45, 7) is 2.33. The number of nitrogens with one attached hydrogen (secondary N) is 1. The van der Waals surface area contributed by atoms with Crippen molar-refractivity contribution >= 4 is 33.2 Å². The van der Waals surface area contributed by atoms with E-state index in [0.29, 0.717) is 23.7 Å². The summed E-state index contributed by atoms with van der Waals surface area (Å²) < 4.78 is 8.45. The van der Waals surface area contributed by atoms with Crippen LogP contribution in [-0.2, 0) is 6.61 Å². The molecule has 0 fully saturated rings. The first kappa shape index (κ1) is 18.3. The molecule has 28 heavy (non-hydrogen) atoms. The summed E-state index contributed by atoms with van der Waals surface area (Å²) in [6, 6.07) is 21.1. The Kier molecular flexibility index (Phi) is 5.12. The number of imidazole rings is 1. The molecule has 140 valence electrons. The number of benzene rings is 2. The molecule has 2 aromatic carbocycles. The molecule has 5 nitrogen and oxygen atoms in total. The Morgan fingerprint density at radius 1 is 1.07 bits per heavy atom. The first-order chi connectivity index (χ1) is 13.6. The molecule has 0 atom stereocenters. The van der Waals surface area contributed by atoms with Crippen molar-refractivity contribution < 1.29 is 9.53 Å². The zero-order valence-electron chi connectivity index (χ0n) is 15.2. The van der Waals surface area contributed by atoms with Crippen LogP contribution >= 0.6 is 15.9 Å². The molecule has 0 saturated carbocycles. The minimum absolute atomic E-state index is 0.207. The van der Waals surface area contributed by atoms with E-state index in [2.05, 4.69) is 26.2 Å². The largest absolute Gasteiger partial charge is 0.489 e. The first-order valence-corrected chi connectivity index (χ1v) is 9.62. The number of anilines is 1. The number of amides is 1. The van der Waals surface area contributed by atoms with Crippen molar-refractivity contribution in [1.82, 2.24) is 9.38 Å². The lowest BCUT2D eigenvalue weighted by molar-refractivity contribution is 0.102. The molecular weight excluding hydrogens is 418 g/mol. The van der Waals surface area contributed by atoms with Crippen molar-refractivity contribution in [2.75, 3.05) is 5.32 Å². The Morgan fingerprint density at radius 2 is 1.82 bits per heavy atom. The van der Waals surface area contributed by atoms with Gasteiger partial charge < -0.3 is 10.1 Å². The van der Waals surface area contributed by atoms with E-state index in [1.165, 1.54) is 0 Å². The fourth-order valence-corrected chi connectivity index (χ4v) is 3.31. The summed E-state index contributed by atoms with van der Waals surface area (Å²) in [5, 5.41) is 2.93. The maximum atomic E-state index is 12.8. The van der Waals surface area contributed by atoms with Crippen LogP contribution in [-0.4, -0.2) is 15.3 Å².